The van der Waals surface area contributed by atoms with Gasteiger partial charge in [0.2, 0.25) is 0 Å². The molecule has 1 aliphatic rings. The van der Waals surface area contributed by atoms with Gasteiger partial charge >= 0.3 is 0 Å². The van der Waals surface area contributed by atoms with E-state index < -0.39 is 0 Å². The van der Waals surface area contributed by atoms with Gasteiger partial charge in [0.15, 0.2) is 0 Å². The average Bonchev–Trinajstić information content (AvgIpc) is 2.05. The molecule has 1 aliphatic heterocycles. The number of hydrogen-bond donors (Lipinski definition) is 1. The van der Waals surface area contributed by atoms with Crippen LogP contribution in [0.25, 0.3) is 0 Å². The van der Waals surface area contributed by atoms with Crippen LogP contribution in [0.5, 0.6) is 0 Å². The summed E-state index contributed by atoms with van der Waals surface area (Å²) in [6.45, 7) is 4.27. The Morgan fingerprint density at radius 2 is 1.67 bits per heavy atom. The van der Waals surface area contributed by atoms with E-state index in [1.165, 1.54) is 19.3 Å². The van der Waals surface area contributed by atoms with Gasteiger partial charge in [-0.25, -0.2) is 5.90 Å². The molecule has 5 heteroatoms. The highest BCUT2D eigenvalue weighted by atomic mass is 35.5. The Morgan fingerprint density at radius 3 is 2.08 bits per heavy atom. The lowest BCUT2D eigenvalue weighted by molar-refractivity contribution is -0.0567. The second-order valence-electron chi connectivity index (χ2n) is 2.83. The molecule has 0 saturated carbocycles. The van der Waals surface area contributed by atoms with Crippen molar-refractivity contribution in [3.05, 3.63) is 0 Å². The van der Waals surface area contributed by atoms with Crippen molar-refractivity contribution in [3.63, 3.8) is 0 Å². The molecule has 1 rings (SSSR count). The number of halogens is 2. The van der Waals surface area contributed by atoms with Gasteiger partial charge in [-0.05, 0) is 19.8 Å². The first-order valence-corrected chi connectivity index (χ1v) is 3.94. The van der Waals surface area contributed by atoms with E-state index in [0.717, 1.165) is 13.1 Å². The predicted octanol–water partition coefficient (Wildman–Crippen LogP) is 1.55. The molecule has 0 aromatic heterocycles. The van der Waals surface area contributed by atoms with E-state index in [4.69, 9.17) is 10.7 Å². The van der Waals surface area contributed by atoms with Gasteiger partial charge in [0.05, 0.1) is 0 Å². The zero-order valence-corrected chi connectivity index (χ0v) is 9.00. The Balaban J connectivity index is 0. The van der Waals surface area contributed by atoms with Crippen molar-refractivity contribution in [1.29, 1.82) is 0 Å². The predicted molar refractivity (Wildman–Crippen MR) is 54.7 cm³/mol. The maximum Gasteiger partial charge on any atom is 0.128 e. The topological polar surface area (TPSA) is 38.5 Å². The highest BCUT2D eigenvalue weighted by molar-refractivity contribution is 5.85. The standard InChI is InChI=1S/C7H16N2O.2ClH/c1-7(10-8)9-5-3-2-4-6-9;;/h7H,2-6,8H2,1H3;2*1H. The number of nitrogens with two attached hydrogens (primary N) is 1. The molecule has 1 saturated heterocycles. The maximum absolute atomic E-state index is 5.06. The molecule has 0 spiro atoms. The van der Waals surface area contributed by atoms with E-state index in [-0.39, 0.29) is 31.0 Å². The normalized spacial score (nSPS) is 20.5. The Hall–Kier alpha value is 0.460. The van der Waals surface area contributed by atoms with E-state index in [2.05, 4.69) is 4.90 Å². The zero-order valence-electron chi connectivity index (χ0n) is 7.36. The molecule has 3 nitrogen and oxygen atoms in total. The van der Waals surface area contributed by atoms with E-state index in [0.29, 0.717) is 0 Å². The minimum Gasteiger partial charge on any atom is -0.286 e. The lowest BCUT2D eigenvalue weighted by Crippen LogP contribution is -2.40. The molecule has 1 heterocycles. The van der Waals surface area contributed by atoms with Crippen LogP contribution in [0, 0.1) is 0 Å². The van der Waals surface area contributed by atoms with Gasteiger partial charge in [-0.15, -0.1) is 24.8 Å². The lowest BCUT2D eigenvalue weighted by atomic mass is 10.1. The number of piperidine rings is 1. The molecule has 12 heavy (non-hydrogen) atoms. The average molecular weight is 217 g/mol. The number of rotatable bonds is 2. The summed E-state index contributed by atoms with van der Waals surface area (Å²) in [7, 11) is 0. The Bertz CT molecular complexity index is 99.4. The van der Waals surface area contributed by atoms with Crippen LogP contribution in [-0.2, 0) is 4.84 Å². The van der Waals surface area contributed by atoms with E-state index in [1.807, 2.05) is 6.92 Å². The Labute approximate surface area is 86.4 Å². The van der Waals surface area contributed by atoms with Crippen molar-refractivity contribution in [2.24, 2.45) is 5.90 Å². The van der Waals surface area contributed by atoms with Gasteiger partial charge in [-0.2, -0.15) is 0 Å². The molecule has 0 aromatic rings. The second-order valence-corrected chi connectivity index (χ2v) is 2.83. The SMILES string of the molecule is CC(ON)N1CCCCC1.Cl.Cl. The third-order valence-corrected chi connectivity index (χ3v) is 2.10. The molecule has 0 aromatic carbocycles. The highest BCUT2D eigenvalue weighted by Gasteiger charge is 2.15. The minimum atomic E-state index is 0. The smallest absolute Gasteiger partial charge is 0.128 e. The number of likely N-dealkylation sites (tertiary alicyclic amines) is 1. The van der Waals surface area contributed by atoms with Crippen LogP contribution in [-0.4, -0.2) is 24.2 Å². The minimum absolute atomic E-state index is 0. The number of nitrogens with zero attached hydrogens (tertiary/aromatic N) is 1. The van der Waals surface area contributed by atoms with Gasteiger partial charge < -0.3 is 0 Å². The molecule has 76 valence electrons. The molecule has 1 fully saturated rings. The van der Waals surface area contributed by atoms with E-state index in [1.54, 1.807) is 0 Å². The van der Waals surface area contributed by atoms with Gasteiger partial charge in [0.1, 0.15) is 6.23 Å². The van der Waals surface area contributed by atoms with Crippen molar-refractivity contribution in [2.45, 2.75) is 32.4 Å². The lowest BCUT2D eigenvalue weighted by Gasteiger charge is -2.30. The van der Waals surface area contributed by atoms with Crippen LogP contribution in [0.2, 0.25) is 0 Å². The summed E-state index contributed by atoms with van der Waals surface area (Å²) in [4.78, 5) is 6.98. The molecular formula is C7H18Cl2N2O. The third-order valence-electron chi connectivity index (χ3n) is 2.10. The van der Waals surface area contributed by atoms with Crippen LogP contribution in [0.15, 0.2) is 0 Å². The van der Waals surface area contributed by atoms with Crippen molar-refractivity contribution in [1.82, 2.24) is 4.90 Å². The van der Waals surface area contributed by atoms with Gasteiger partial charge in [0.25, 0.3) is 0 Å². The van der Waals surface area contributed by atoms with Crippen LogP contribution >= 0.6 is 24.8 Å². The largest absolute Gasteiger partial charge is 0.286 e. The molecule has 0 aliphatic carbocycles. The highest BCUT2D eigenvalue weighted by Crippen LogP contribution is 2.11. The zero-order chi connectivity index (χ0) is 7.40. The molecule has 1 unspecified atom stereocenters. The molecular weight excluding hydrogens is 199 g/mol. The fourth-order valence-corrected chi connectivity index (χ4v) is 1.37. The van der Waals surface area contributed by atoms with E-state index in [9.17, 15) is 0 Å². The van der Waals surface area contributed by atoms with Crippen LogP contribution in [0.3, 0.4) is 0 Å². The number of hydrogen-bond acceptors (Lipinski definition) is 3. The summed E-state index contributed by atoms with van der Waals surface area (Å²) in [6.07, 6.45) is 4.02. The monoisotopic (exact) mass is 216 g/mol. The summed E-state index contributed by atoms with van der Waals surface area (Å²) in [5, 5.41) is 0. The molecule has 1 atom stereocenters. The second kappa shape index (κ2) is 8.08. The fraction of sp³-hybridized carbons (Fsp3) is 1.00. The first-order chi connectivity index (χ1) is 4.84. The molecule has 2 N–H and O–H groups in total. The van der Waals surface area contributed by atoms with Crippen LogP contribution in [0.1, 0.15) is 26.2 Å². The summed E-state index contributed by atoms with van der Waals surface area (Å²) in [5.41, 5.74) is 0. The van der Waals surface area contributed by atoms with Crippen molar-refractivity contribution in [2.75, 3.05) is 13.1 Å². The first-order valence-electron chi connectivity index (χ1n) is 3.94. The Morgan fingerprint density at radius 1 is 1.17 bits per heavy atom. The quantitative estimate of drug-likeness (QED) is 0.713. The van der Waals surface area contributed by atoms with Gasteiger partial charge in [-0.3, -0.25) is 9.74 Å². The van der Waals surface area contributed by atoms with Crippen LogP contribution in [0.4, 0.5) is 0 Å². The van der Waals surface area contributed by atoms with Crippen LogP contribution < -0.4 is 5.90 Å². The van der Waals surface area contributed by atoms with Gasteiger partial charge in [-0.1, -0.05) is 6.42 Å². The fourth-order valence-electron chi connectivity index (χ4n) is 1.37. The van der Waals surface area contributed by atoms with E-state index >= 15 is 0 Å². The third kappa shape index (κ3) is 4.48. The summed E-state index contributed by atoms with van der Waals surface area (Å²) in [5.74, 6) is 5.06. The molecule has 0 bridgehead atoms. The Kier molecular flexibility index (Phi) is 10.1. The summed E-state index contributed by atoms with van der Waals surface area (Å²) >= 11 is 0. The van der Waals surface area contributed by atoms with Crippen molar-refractivity contribution >= 4 is 24.8 Å². The van der Waals surface area contributed by atoms with Crippen molar-refractivity contribution < 1.29 is 4.84 Å². The molecule has 0 amide bonds. The first kappa shape index (κ1) is 15.0. The maximum atomic E-state index is 5.06. The van der Waals surface area contributed by atoms with Gasteiger partial charge in [0, 0.05) is 13.1 Å². The van der Waals surface area contributed by atoms with Crippen molar-refractivity contribution in [3.8, 4) is 0 Å². The molecule has 0 radical (unpaired) electrons. The summed E-state index contributed by atoms with van der Waals surface area (Å²) in [6, 6.07) is 0. The summed E-state index contributed by atoms with van der Waals surface area (Å²) < 4.78 is 0.